The third-order valence-corrected chi connectivity index (χ3v) is 5.62. The number of hydrogen-bond donors (Lipinski definition) is 0. The van der Waals surface area contributed by atoms with Gasteiger partial charge in [-0.1, -0.05) is 57.9 Å². The molecule has 0 saturated carbocycles. The quantitative estimate of drug-likeness (QED) is 0.102. The molecule has 0 aliphatic rings. The van der Waals surface area contributed by atoms with E-state index in [0.717, 1.165) is 24.3 Å². The zero-order valence-electron chi connectivity index (χ0n) is 20.4. The molecule has 3 rings (SSSR count). The van der Waals surface area contributed by atoms with Gasteiger partial charge in [0.05, 0.1) is 17.9 Å². The van der Waals surface area contributed by atoms with Crippen molar-refractivity contribution in [3.8, 4) is 11.5 Å². The van der Waals surface area contributed by atoms with Crippen molar-refractivity contribution in [2.24, 2.45) is 4.99 Å². The minimum absolute atomic E-state index is 0.169. The van der Waals surface area contributed by atoms with E-state index in [-0.39, 0.29) is 5.75 Å². The van der Waals surface area contributed by atoms with Crippen molar-refractivity contribution in [1.29, 1.82) is 0 Å². The molecule has 0 N–H and O–H groups in total. The van der Waals surface area contributed by atoms with Gasteiger partial charge in [0.25, 0.3) is 0 Å². The molecule has 0 bridgehead atoms. The molecule has 0 heterocycles. The minimum atomic E-state index is -0.548. The van der Waals surface area contributed by atoms with Crippen LogP contribution in [0.5, 0.6) is 11.5 Å². The summed E-state index contributed by atoms with van der Waals surface area (Å²) in [5.74, 6) is 0.0327. The highest BCUT2D eigenvalue weighted by molar-refractivity contribution is 5.91. The maximum Gasteiger partial charge on any atom is 0.343 e. The smallest absolute Gasteiger partial charge is 0.343 e. The van der Waals surface area contributed by atoms with Gasteiger partial charge in [-0.25, -0.2) is 9.18 Å². The van der Waals surface area contributed by atoms with Crippen molar-refractivity contribution in [2.45, 2.75) is 58.3 Å². The second-order valence-electron chi connectivity index (χ2n) is 8.54. The van der Waals surface area contributed by atoms with Crippen LogP contribution in [0.2, 0.25) is 0 Å². The molecule has 3 aromatic rings. The van der Waals surface area contributed by atoms with E-state index in [2.05, 4.69) is 11.9 Å². The largest absolute Gasteiger partial charge is 0.494 e. The van der Waals surface area contributed by atoms with Gasteiger partial charge in [-0.05, 0) is 72.6 Å². The van der Waals surface area contributed by atoms with Gasteiger partial charge >= 0.3 is 5.97 Å². The molecule has 184 valence electrons. The fraction of sp³-hybridized carbons (Fsp3) is 0.333. The number of aliphatic imine (C=N–C) groups is 1. The van der Waals surface area contributed by atoms with Crippen molar-refractivity contribution < 1.29 is 18.7 Å². The zero-order valence-corrected chi connectivity index (χ0v) is 20.4. The molecule has 0 aromatic heterocycles. The van der Waals surface area contributed by atoms with Crippen LogP contribution >= 0.6 is 0 Å². The molecular formula is C30H34FNO3. The molecule has 0 saturated heterocycles. The molecule has 35 heavy (non-hydrogen) atoms. The SMILES string of the molecule is CCCCCCCCCCOc1ccc(C=Nc2ccc(C(=O)Oc3cccc(F)c3)cc2)cc1. The number of ether oxygens (including phenoxy) is 2. The Morgan fingerprint density at radius 3 is 2.20 bits per heavy atom. The number of benzene rings is 3. The molecule has 0 amide bonds. The van der Waals surface area contributed by atoms with Gasteiger partial charge in [0, 0.05) is 12.3 Å². The first kappa shape index (κ1) is 26.1. The van der Waals surface area contributed by atoms with Crippen LogP contribution in [0.1, 0.15) is 74.2 Å². The monoisotopic (exact) mass is 475 g/mol. The number of rotatable bonds is 14. The van der Waals surface area contributed by atoms with Gasteiger partial charge in [-0.3, -0.25) is 4.99 Å². The lowest BCUT2D eigenvalue weighted by Gasteiger charge is -2.06. The maximum atomic E-state index is 13.2. The maximum absolute atomic E-state index is 13.2. The van der Waals surface area contributed by atoms with Crippen LogP contribution in [0.25, 0.3) is 0 Å². The minimum Gasteiger partial charge on any atom is -0.494 e. The van der Waals surface area contributed by atoms with Gasteiger partial charge < -0.3 is 9.47 Å². The van der Waals surface area contributed by atoms with E-state index in [9.17, 15) is 9.18 Å². The number of nitrogens with zero attached hydrogens (tertiary/aromatic N) is 1. The topological polar surface area (TPSA) is 47.9 Å². The van der Waals surface area contributed by atoms with Gasteiger partial charge in [-0.2, -0.15) is 0 Å². The first-order valence-corrected chi connectivity index (χ1v) is 12.5. The molecule has 0 spiro atoms. The molecule has 0 aliphatic heterocycles. The third kappa shape index (κ3) is 9.73. The Hall–Kier alpha value is -3.47. The van der Waals surface area contributed by atoms with E-state index >= 15 is 0 Å². The first-order valence-electron chi connectivity index (χ1n) is 12.5. The summed E-state index contributed by atoms with van der Waals surface area (Å²) < 4.78 is 24.3. The normalized spacial score (nSPS) is 11.0. The molecule has 4 nitrogen and oxygen atoms in total. The molecule has 0 fully saturated rings. The molecular weight excluding hydrogens is 441 g/mol. The summed E-state index contributed by atoms with van der Waals surface area (Å²) >= 11 is 0. The summed E-state index contributed by atoms with van der Waals surface area (Å²) in [6.45, 7) is 2.99. The Morgan fingerprint density at radius 2 is 1.51 bits per heavy atom. The van der Waals surface area contributed by atoms with E-state index < -0.39 is 11.8 Å². The Balaban J connectivity index is 1.39. The van der Waals surface area contributed by atoms with E-state index in [1.807, 2.05) is 24.3 Å². The van der Waals surface area contributed by atoms with E-state index in [0.29, 0.717) is 11.3 Å². The number of hydrogen-bond acceptors (Lipinski definition) is 4. The molecule has 0 unspecified atom stereocenters. The number of carbonyl (C=O) groups excluding carboxylic acids is 1. The van der Waals surface area contributed by atoms with Crippen LogP contribution in [0.15, 0.2) is 77.8 Å². The fourth-order valence-electron chi connectivity index (χ4n) is 3.61. The molecule has 0 radical (unpaired) electrons. The van der Waals surface area contributed by atoms with Crippen LogP contribution in [-0.2, 0) is 0 Å². The van der Waals surface area contributed by atoms with Crippen molar-refractivity contribution in [2.75, 3.05) is 6.61 Å². The molecule has 0 aliphatic carbocycles. The van der Waals surface area contributed by atoms with Crippen LogP contribution in [0.4, 0.5) is 10.1 Å². The van der Waals surface area contributed by atoms with Crippen LogP contribution in [0, 0.1) is 5.82 Å². The van der Waals surface area contributed by atoms with Crippen molar-refractivity contribution in [3.63, 3.8) is 0 Å². The first-order chi connectivity index (χ1) is 17.1. The van der Waals surface area contributed by atoms with Crippen molar-refractivity contribution in [3.05, 3.63) is 89.7 Å². The highest BCUT2D eigenvalue weighted by atomic mass is 19.1. The Labute approximate surface area is 207 Å². The summed E-state index contributed by atoms with van der Waals surface area (Å²) in [6, 6.07) is 20.1. The predicted octanol–water partition coefficient (Wildman–Crippen LogP) is 8.32. The molecule has 5 heteroatoms. The Morgan fingerprint density at radius 1 is 0.829 bits per heavy atom. The third-order valence-electron chi connectivity index (χ3n) is 5.62. The second-order valence-corrected chi connectivity index (χ2v) is 8.54. The summed E-state index contributed by atoms with van der Waals surface area (Å²) in [5.41, 5.74) is 2.03. The Bertz CT molecular complexity index is 1060. The predicted molar refractivity (Wildman–Crippen MR) is 140 cm³/mol. The average Bonchev–Trinajstić information content (AvgIpc) is 2.87. The average molecular weight is 476 g/mol. The lowest BCUT2D eigenvalue weighted by molar-refractivity contribution is 0.0734. The fourth-order valence-corrected chi connectivity index (χ4v) is 3.61. The van der Waals surface area contributed by atoms with Crippen molar-refractivity contribution in [1.82, 2.24) is 0 Å². The van der Waals surface area contributed by atoms with Crippen molar-refractivity contribution >= 4 is 17.9 Å². The lowest BCUT2D eigenvalue weighted by Crippen LogP contribution is -2.08. The Kier molecular flexibility index (Phi) is 11.0. The number of esters is 1. The van der Waals surface area contributed by atoms with Gasteiger partial charge in [0.2, 0.25) is 0 Å². The van der Waals surface area contributed by atoms with Gasteiger partial charge in [0.1, 0.15) is 17.3 Å². The molecule has 0 atom stereocenters. The highest BCUT2D eigenvalue weighted by Gasteiger charge is 2.09. The second kappa shape index (κ2) is 14.7. The summed E-state index contributed by atoms with van der Waals surface area (Å²) in [5, 5.41) is 0. The van der Waals surface area contributed by atoms with Crippen LogP contribution < -0.4 is 9.47 Å². The van der Waals surface area contributed by atoms with Crippen LogP contribution in [0.3, 0.4) is 0 Å². The number of unbranched alkanes of at least 4 members (excludes halogenated alkanes) is 7. The zero-order chi connectivity index (χ0) is 24.7. The summed E-state index contributed by atoms with van der Waals surface area (Å²) in [4.78, 5) is 16.7. The highest BCUT2D eigenvalue weighted by Crippen LogP contribution is 2.18. The van der Waals surface area contributed by atoms with E-state index in [1.165, 1.54) is 69.2 Å². The standard InChI is InChI=1S/C30H34FNO3/c1-2-3-4-5-6-7-8-9-21-34-28-19-13-24(14-20-28)23-32-27-17-15-25(16-18-27)30(33)35-29-12-10-11-26(31)22-29/h10-20,22-23H,2-9,21H2,1H3. The lowest BCUT2D eigenvalue weighted by atomic mass is 10.1. The molecule has 3 aromatic carbocycles. The number of halogens is 1. The van der Waals surface area contributed by atoms with Crippen LogP contribution in [-0.4, -0.2) is 18.8 Å². The van der Waals surface area contributed by atoms with Gasteiger partial charge in [0.15, 0.2) is 0 Å². The summed E-state index contributed by atoms with van der Waals surface area (Å²) in [6.07, 6.45) is 12.1. The summed E-state index contributed by atoms with van der Waals surface area (Å²) in [7, 11) is 0. The number of carbonyl (C=O) groups is 1. The van der Waals surface area contributed by atoms with Gasteiger partial charge in [-0.15, -0.1) is 0 Å². The van der Waals surface area contributed by atoms with E-state index in [4.69, 9.17) is 9.47 Å². The van der Waals surface area contributed by atoms with E-state index in [1.54, 1.807) is 30.5 Å².